The van der Waals surface area contributed by atoms with Crippen LogP contribution in [0.3, 0.4) is 0 Å². The molecular weight excluding hydrogens is 332 g/mol. The number of nitrogens with zero attached hydrogens (tertiary/aromatic N) is 3. The summed E-state index contributed by atoms with van der Waals surface area (Å²) >= 11 is 0. The molecule has 7 heteroatoms. The minimum absolute atomic E-state index is 0.216. The molecular formula is C19H16N4O3. The largest absolute Gasteiger partial charge is 0.480 e. The second-order valence-corrected chi connectivity index (χ2v) is 5.82. The molecule has 3 heterocycles. The van der Waals surface area contributed by atoms with Crippen LogP contribution in [0.15, 0.2) is 72.0 Å². The number of carboxylic acids is 1. The molecule has 0 spiro atoms. The number of carbonyl (C=O) groups is 1. The first-order valence-electron chi connectivity index (χ1n) is 8.10. The van der Waals surface area contributed by atoms with Gasteiger partial charge in [-0.15, -0.1) is 0 Å². The second-order valence-electron chi connectivity index (χ2n) is 5.82. The van der Waals surface area contributed by atoms with Crippen molar-refractivity contribution in [1.82, 2.24) is 19.5 Å². The van der Waals surface area contributed by atoms with E-state index in [1.165, 1.54) is 6.26 Å². The monoisotopic (exact) mass is 348 g/mol. The van der Waals surface area contributed by atoms with E-state index in [4.69, 9.17) is 4.42 Å². The number of aliphatic carboxylic acids is 1. The molecule has 0 aliphatic carbocycles. The number of aromatic nitrogens is 4. The van der Waals surface area contributed by atoms with Crippen LogP contribution in [0.4, 0.5) is 0 Å². The van der Waals surface area contributed by atoms with Gasteiger partial charge >= 0.3 is 5.97 Å². The van der Waals surface area contributed by atoms with E-state index in [0.29, 0.717) is 22.8 Å². The van der Waals surface area contributed by atoms with Crippen molar-refractivity contribution in [2.45, 2.75) is 12.5 Å². The number of hydrogen-bond donors (Lipinski definition) is 2. The molecule has 1 aromatic carbocycles. The van der Waals surface area contributed by atoms with Gasteiger partial charge in [-0.2, -0.15) is 0 Å². The Labute approximate surface area is 149 Å². The Kier molecular flexibility index (Phi) is 4.10. The average molecular weight is 348 g/mol. The molecule has 2 N–H and O–H groups in total. The fourth-order valence-electron chi connectivity index (χ4n) is 2.98. The quantitative estimate of drug-likeness (QED) is 0.556. The van der Waals surface area contributed by atoms with Crippen LogP contribution in [0.1, 0.15) is 11.8 Å². The van der Waals surface area contributed by atoms with E-state index in [1.807, 2.05) is 30.3 Å². The zero-order valence-electron chi connectivity index (χ0n) is 13.7. The Morgan fingerprint density at radius 1 is 1.23 bits per heavy atom. The van der Waals surface area contributed by atoms with E-state index in [2.05, 4.69) is 15.0 Å². The van der Waals surface area contributed by atoms with Gasteiger partial charge < -0.3 is 19.1 Å². The van der Waals surface area contributed by atoms with Gasteiger partial charge in [0.05, 0.1) is 42.2 Å². The smallest absolute Gasteiger partial charge is 0.327 e. The molecule has 0 amide bonds. The number of nitrogens with one attached hydrogen (secondary N) is 1. The fraction of sp³-hybridized carbons (Fsp3) is 0.105. The highest BCUT2D eigenvalue weighted by Crippen LogP contribution is 2.33. The molecule has 3 aromatic heterocycles. The van der Waals surface area contributed by atoms with Crippen LogP contribution in [0, 0.1) is 0 Å². The normalized spacial score (nSPS) is 12.2. The van der Waals surface area contributed by atoms with E-state index < -0.39 is 12.0 Å². The molecule has 0 aliphatic heterocycles. The molecule has 26 heavy (non-hydrogen) atoms. The summed E-state index contributed by atoms with van der Waals surface area (Å²) in [4.78, 5) is 23.6. The molecule has 1 atom stereocenters. The third-order valence-electron chi connectivity index (χ3n) is 4.19. The van der Waals surface area contributed by atoms with Crippen molar-refractivity contribution in [2.75, 3.05) is 0 Å². The summed E-state index contributed by atoms with van der Waals surface area (Å²) in [5, 5.41) is 9.81. The van der Waals surface area contributed by atoms with Gasteiger partial charge in [-0.25, -0.2) is 14.8 Å². The Hall–Kier alpha value is -3.61. The summed E-state index contributed by atoms with van der Waals surface area (Å²) in [5.41, 5.74) is 2.97. The average Bonchev–Trinajstić information content (AvgIpc) is 3.40. The number of aromatic amines is 1. The number of benzene rings is 1. The van der Waals surface area contributed by atoms with Crippen LogP contribution >= 0.6 is 0 Å². The van der Waals surface area contributed by atoms with E-state index in [-0.39, 0.29) is 6.42 Å². The molecule has 7 nitrogen and oxygen atoms in total. The number of H-pyrrole nitrogens is 1. The van der Waals surface area contributed by atoms with E-state index in [9.17, 15) is 9.90 Å². The molecule has 0 bridgehead atoms. The van der Waals surface area contributed by atoms with E-state index in [0.717, 1.165) is 5.56 Å². The summed E-state index contributed by atoms with van der Waals surface area (Å²) in [7, 11) is 0. The molecule has 0 aliphatic rings. The van der Waals surface area contributed by atoms with Crippen LogP contribution in [-0.4, -0.2) is 30.6 Å². The van der Waals surface area contributed by atoms with Gasteiger partial charge in [-0.3, -0.25) is 0 Å². The maximum atomic E-state index is 12.0. The summed E-state index contributed by atoms with van der Waals surface area (Å²) in [5.74, 6) is -0.359. The summed E-state index contributed by atoms with van der Waals surface area (Å²) in [6.07, 6.45) is 6.52. The van der Waals surface area contributed by atoms with E-state index >= 15 is 0 Å². The topological polar surface area (TPSA) is 96.9 Å². The number of furan rings is 1. The predicted molar refractivity (Wildman–Crippen MR) is 94.3 cm³/mol. The highest BCUT2D eigenvalue weighted by atomic mass is 16.4. The number of hydrogen-bond acceptors (Lipinski definition) is 4. The number of rotatable bonds is 6. The van der Waals surface area contributed by atoms with Crippen molar-refractivity contribution in [3.63, 3.8) is 0 Å². The maximum absolute atomic E-state index is 12.0. The minimum atomic E-state index is -0.959. The standard InChI is InChI=1S/C19H16N4O3/c24-19(25)16(9-14-7-4-8-26-14)23-12-22-17(13-5-2-1-3-6-13)18(23)15-10-20-11-21-15/h1-8,10-12,16H,9H2,(H,20,21)(H,24,25). The number of imidazole rings is 2. The van der Waals surface area contributed by atoms with Gasteiger partial charge in [-0.1, -0.05) is 30.3 Å². The van der Waals surface area contributed by atoms with Crippen LogP contribution in [-0.2, 0) is 11.2 Å². The highest BCUT2D eigenvalue weighted by Gasteiger charge is 2.27. The molecule has 0 saturated carbocycles. The lowest BCUT2D eigenvalue weighted by atomic mass is 10.1. The lowest BCUT2D eigenvalue weighted by Gasteiger charge is -2.16. The second kappa shape index (κ2) is 6.72. The third kappa shape index (κ3) is 2.90. The van der Waals surface area contributed by atoms with Gasteiger partial charge in [0.1, 0.15) is 11.8 Å². The van der Waals surface area contributed by atoms with Crippen molar-refractivity contribution >= 4 is 5.97 Å². The molecule has 130 valence electrons. The molecule has 1 unspecified atom stereocenters. The van der Waals surface area contributed by atoms with Crippen LogP contribution in [0.2, 0.25) is 0 Å². The Bertz CT molecular complexity index is 989. The van der Waals surface area contributed by atoms with Gasteiger partial charge in [0.2, 0.25) is 0 Å². The molecule has 0 radical (unpaired) electrons. The Morgan fingerprint density at radius 3 is 2.73 bits per heavy atom. The van der Waals surface area contributed by atoms with Crippen molar-refractivity contribution < 1.29 is 14.3 Å². The zero-order chi connectivity index (χ0) is 17.9. The van der Waals surface area contributed by atoms with Crippen LogP contribution < -0.4 is 0 Å². The Balaban J connectivity index is 1.85. The lowest BCUT2D eigenvalue weighted by Crippen LogP contribution is -2.21. The molecule has 4 rings (SSSR count). The highest BCUT2D eigenvalue weighted by molar-refractivity contribution is 5.79. The summed E-state index contributed by atoms with van der Waals surface area (Å²) < 4.78 is 6.99. The van der Waals surface area contributed by atoms with Crippen molar-refractivity contribution in [2.24, 2.45) is 0 Å². The molecule has 0 saturated heterocycles. The van der Waals surface area contributed by atoms with Gasteiger partial charge in [0, 0.05) is 12.0 Å². The zero-order valence-corrected chi connectivity index (χ0v) is 13.7. The van der Waals surface area contributed by atoms with Gasteiger partial charge in [0.25, 0.3) is 0 Å². The summed E-state index contributed by atoms with van der Waals surface area (Å²) in [6, 6.07) is 12.3. The minimum Gasteiger partial charge on any atom is -0.480 e. The molecule has 4 aromatic rings. The summed E-state index contributed by atoms with van der Waals surface area (Å²) in [6.45, 7) is 0. The predicted octanol–water partition coefficient (Wildman–Crippen LogP) is 3.40. The SMILES string of the molecule is O=C(O)C(Cc1ccco1)n1cnc(-c2ccccc2)c1-c1cnc[nH]1. The maximum Gasteiger partial charge on any atom is 0.327 e. The first-order chi connectivity index (χ1) is 12.7. The van der Waals surface area contributed by atoms with Crippen molar-refractivity contribution in [3.8, 4) is 22.6 Å². The van der Waals surface area contributed by atoms with Gasteiger partial charge in [-0.05, 0) is 12.1 Å². The van der Waals surface area contributed by atoms with Crippen molar-refractivity contribution in [3.05, 3.63) is 73.3 Å². The Morgan fingerprint density at radius 2 is 2.08 bits per heavy atom. The number of carboxylic acid groups (broad SMARTS) is 1. The van der Waals surface area contributed by atoms with Gasteiger partial charge in [0.15, 0.2) is 0 Å². The van der Waals surface area contributed by atoms with Crippen molar-refractivity contribution in [1.29, 1.82) is 0 Å². The van der Waals surface area contributed by atoms with Crippen LogP contribution in [0.5, 0.6) is 0 Å². The first kappa shape index (κ1) is 15.9. The third-order valence-corrected chi connectivity index (χ3v) is 4.19. The molecule has 0 fully saturated rings. The van der Waals surface area contributed by atoms with E-state index in [1.54, 1.807) is 35.6 Å². The van der Waals surface area contributed by atoms with Crippen LogP contribution in [0.25, 0.3) is 22.6 Å². The fourth-order valence-corrected chi connectivity index (χ4v) is 2.98. The lowest BCUT2D eigenvalue weighted by molar-refractivity contribution is -0.140. The first-order valence-corrected chi connectivity index (χ1v) is 8.10.